The van der Waals surface area contributed by atoms with Crippen LogP contribution in [0.25, 0.3) is 5.82 Å². The number of hydrogen-bond donors (Lipinski definition) is 0. The molecule has 2 aromatic rings. The van der Waals surface area contributed by atoms with Crippen LogP contribution in [0.1, 0.15) is 41.5 Å². The Morgan fingerprint density at radius 2 is 1.81 bits per heavy atom. The molecule has 0 N–H and O–H groups in total. The van der Waals surface area contributed by atoms with Gasteiger partial charge in [-0.05, 0) is 38.5 Å². The number of amides is 2. The number of carbonyl (C=O) groups is 2. The van der Waals surface area contributed by atoms with Crippen molar-refractivity contribution in [2.75, 3.05) is 26.2 Å². The van der Waals surface area contributed by atoms with Gasteiger partial charge in [-0.3, -0.25) is 9.59 Å². The fourth-order valence-corrected chi connectivity index (χ4v) is 3.58. The van der Waals surface area contributed by atoms with E-state index in [2.05, 4.69) is 4.98 Å². The Labute approximate surface area is 154 Å². The van der Waals surface area contributed by atoms with Gasteiger partial charge in [-0.25, -0.2) is 4.98 Å². The summed E-state index contributed by atoms with van der Waals surface area (Å²) in [6.45, 7) is 8.42. The fourth-order valence-electron chi connectivity index (χ4n) is 3.58. The molecule has 3 rings (SSSR count). The second kappa shape index (κ2) is 7.72. The van der Waals surface area contributed by atoms with E-state index in [1.165, 1.54) is 0 Å². The Bertz CT molecular complexity index is 798. The maximum atomic E-state index is 13.1. The van der Waals surface area contributed by atoms with Crippen LogP contribution in [0.2, 0.25) is 0 Å². The summed E-state index contributed by atoms with van der Waals surface area (Å²) in [4.78, 5) is 33.2. The number of pyridine rings is 1. The Kier molecular flexibility index (Phi) is 5.40. The predicted octanol–water partition coefficient (Wildman–Crippen LogP) is 2.57. The van der Waals surface area contributed by atoms with Crippen molar-refractivity contribution >= 4 is 11.8 Å². The Hall–Kier alpha value is -2.63. The highest BCUT2D eigenvalue weighted by atomic mass is 16.2. The normalized spacial score (nSPS) is 15.0. The molecule has 2 amide bonds. The molecule has 0 spiro atoms. The van der Waals surface area contributed by atoms with Crippen LogP contribution in [0.5, 0.6) is 0 Å². The van der Waals surface area contributed by atoms with E-state index < -0.39 is 0 Å². The molecular weight excluding hydrogens is 328 g/mol. The fraction of sp³-hybridized carbons (Fsp3) is 0.450. The van der Waals surface area contributed by atoms with Crippen LogP contribution in [0.4, 0.5) is 0 Å². The molecule has 2 aromatic heterocycles. The van der Waals surface area contributed by atoms with Gasteiger partial charge in [-0.2, -0.15) is 0 Å². The first-order valence-corrected chi connectivity index (χ1v) is 9.20. The highest BCUT2D eigenvalue weighted by molar-refractivity contribution is 5.96. The smallest absolute Gasteiger partial charge is 0.255 e. The Morgan fingerprint density at radius 1 is 1.08 bits per heavy atom. The van der Waals surface area contributed by atoms with Crippen molar-refractivity contribution in [1.29, 1.82) is 0 Å². The van der Waals surface area contributed by atoms with Gasteiger partial charge in [0.15, 0.2) is 0 Å². The van der Waals surface area contributed by atoms with Crippen LogP contribution in [0, 0.1) is 13.8 Å². The molecule has 1 fully saturated rings. The predicted molar refractivity (Wildman–Crippen MR) is 100 cm³/mol. The first kappa shape index (κ1) is 18.2. The first-order valence-electron chi connectivity index (χ1n) is 9.20. The highest BCUT2D eigenvalue weighted by Gasteiger charge is 2.25. The SMILES string of the molecule is CCC(=O)N1CCCN(C(=O)c2cc(C)n(-c3ccccn3)c2C)CC1. The molecule has 0 bridgehead atoms. The van der Waals surface area contributed by atoms with Crippen molar-refractivity contribution in [2.24, 2.45) is 0 Å². The second-order valence-electron chi connectivity index (χ2n) is 6.69. The van der Waals surface area contributed by atoms with Crippen LogP contribution in [0.3, 0.4) is 0 Å². The summed E-state index contributed by atoms with van der Waals surface area (Å²) in [5.74, 6) is 1.01. The van der Waals surface area contributed by atoms with Crippen molar-refractivity contribution in [3.05, 3.63) is 47.4 Å². The average molecular weight is 354 g/mol. The van der Waals surface area contributed by atoms with Crippen molar-refractivity contribution in [3.8, 4) is 5.82 Å². The number of aromatic nitrogens is 2. The minimum absolute atomic E-state index is 0.0334. The van der Waals surface area contributed by atoms with E-state index >= 15 is 0 Å². The molecule has 6 nitrogen and oxygen atoms in total. The standard InChI is InChI=1S/C20H26N4O2/c1-4-19(25)22-10-7-11-23(13-12-22)20(26)17-14-15(2)24(16(17)3)18-8-5-6-9-21-18/h5-6,8-9,14H,4,7,10-13H2,1-3H3. The lowest BCUT2D eigenvalue weighted by Crippen LogP contribution is -2.37. The van der Waals surface area contributed by atoms with Crippen LogP contribution in [-0.4, -0.2) is 57.3 Å². The topological polar surface area (TPSA) is 58.4 Å². The minimum Gasteiger partial charge on any atom is -0.341 e. The molecule has 1 aliphatic heterocycles. The van der Waals surface area contributed by atoms with E-state index in [0.717, 1.165) is 30.2 Å². The molecule has 0 atom stereocenters. The molecule has 3 heterocycles. The summed E-state index contributed by atoms with van der Waals surface area (Å²) in [6.07, 6.45) is 3.08. The summed E-state index contributed by atoms with van der Waals surface area (Å²) in [6, 6.07) is 7.70. The number of aryl methyl sites for hydroxylation is 1. The molecule has 0 aromatic carbocycles. The lowest BCUT2D eigenvalue weighted by Gasteiger charge is -2.22. The lowest BCUT2D eigenvalue weighted by molar-refractivity contribution is -0.130. The van der Waals surface area contributed by atoms with Crippen molar-refractivity contribution in [2.45, 2.75) is 33.6 Å². The molecule has 0 aliphatic carbocycles. The second-order valence-corrected chi connectivity index (χ2v) is 6.69. The van der Waals surface area contributed by atoms with Crippen LogP contribution < -0.4 is 0 Å². The maximum absolute atomic E-state index is 13.1. The maximum Gasteiger partial charge on any atom is 0.255 e. The van der Waals surface area contributed by atoms with Gasteiger partial charge < -0.3 is 14.4 Å². The van der Waals surface area contributed by atoms with Crippen LogP contribution >= 0.6 is 0 Å². The van der Waals surface area contributed by atoms with E-state index in [4.69, 9.17) is 0 Å². The van der Waals surface area contributed by atoms with Gasteiger partial charge in [0.2, 0.25) is 5.91 Å². The summed E-state index contributed by atoms with van der Waals surface area (Å²) >= 11 is 0. The average Bonchev–Trinajstić information content (AvgIpc) is 2.83. The van der Waals surface area contributed by atoms with Gasteiger partial charge in [0.1, 0.15) is 5.82 Å². The molecule has 0 saturated carbocycles. The van der Waals surface area contributed by atoms with E-state index in [0.29, 0.717) is 31.6 Å². The molecule has 26 heavy (non-hydrogen) atoms. The van der Waals surface area contributed by atoms with E-state index in [-0.39, 0.29) is 11.8 Å². The summed E-state index contributed by atoms with van der Waals surface area (Å²) in [5.41, 5.74) is 2.60. The zero-order valence-corrected chi connectivity index (χ0v) is 15.7. The molecular formula is C20H26N4O2. The summed E-state index contributed by atoms with van der Waals surface area (Å²) < 4.78 is 2.01. The van der Waals surface area contributed by atoms with Gasteiger partial charge in [0.05, 0.1) is 5.56 Å². The third-order valence-electron chi connectivity index (χ3n) is 4.98. The lowest BCUT2D eigenvalue weighted by atomic mass is 10.2. The van der Waals surface area contributed by atoms with Gasteiger partial charge in [0.25, 0.3) is 5.91 Å². The Morgan fingerprint density at radius 3 is 2.50 bits per heavy atom. The zero-order valence-electron chi connectivity index (χ0n) is 15.7. The van der Waals surface area contributed by atoms with Crippen LogP contribution in [0.15, 0.2) is 30.5 Å². The monoisotopic (exact) mass is 354 g/mol. The minimum atomic E-state index is 0.0334. The third kappa shape index (κ3) is 3.49. The highest BCUT2D eigenvalue weighted by Crippen LogP contribution is 2.21. The van der Waals surface area contributed by atoms with Crippen molar-refractivity contribution in [3.63, 3.8) is 0 Å². The molecule has 0 unspecified atom stereocenters. The van der Waals surface area contributed by atoms with Gasteiger partial charge in [-0.1, -0.05) is 13.0 Å². The molecule has 6 heteroatoms. The number of carbonyl (C=O) groups excluding carboxylic acids is 2. The van der Waals surface area contributed by atoms with Gasteiger partial charge in [-0.15, -0.1) is 0 Å². The summed E-state index contributed by atoms with van der Waals surface area (Å²) in [5, 5.41) is 0. The Balaban J connectivity index is 1.82. The molecule has 0 radical (unpaired) electrons. The number of rotatable bonds is 3. The molecule has 1 saturated heterocycles. The third-order valence-corrected chi connectivity index (χ3v) is 4.98. The molecule has 1 aliphatic rings. The van der Waals surface area contributed by atoms with Crippen molar-refractivity contribution in [1.82, 2.24) is 19.4 Å². The summed E-state index contributed by atoms with van der Waals surface area (Å²) in [7, 11) is 0. The first-order chi connectivity index (χ1) is 12.5. The van der Waals surface area contributed by atoms with E-state index in [1.807, 2.05) is 59.4 Å². The zero-order chi connectivity index (χ0) is 18.7. The van der Waals surface area contributed by atoms with Gasteiger partial charge in [0, 0.05) is 50.2 Å². The van der Waals surface area contributed by atoms with Gasteiger partial charge >= 0.3 is 0 Å². The number of nitrogens with zero attached hydrogens (tertiary/aromatic N) is 4. The van der Waals surface area contributed by atoms with E-state index in [9.17, 15) is 9.59 Å². The van der Waals surface area contributed by atoms with E-state index in [1.54, 1.807) is 6.20 Å². The molecule has 138 valence electrons. The van der Waals surface area contributed by atoms with Crippen molar-refractivity contribution < 1.29 is 9.59 Å². The number of hydrogen-bond acceptors (Lipinski definition) is 3. The largest absolute Gasteiger partial charge is 0.341 e. The van der Waals surface area contributed by atoms with Crippen LogP contribution in [-0.2, 0) is 4.79 Å². The quantitative estimate of drug-likeness (QED) is 0.851.